The molecule has 1 aromatic carbocycles. The standard InChI is InChI=1S/C13H11N3O5/c1-7-8(2)14-15-12(11(7)13(17)18)21-10-6-4-3-5-9(10)16(19)20/h3-6H,1-2H3,(H,17,18). The maximum Gasteiger partial charge on any atom is 0.341 e. The van der Waals surface area contributed by atoms with Gasteiger partial charge in [0.1, 0.15) is 5.56 Å². The summed E-state index contributed by atoms with van der Waals surface area (Å²) in [5.41, 5.74) is 0.392. The lowest BCUT2D eigenvalue weighted by atomic mass is 10.1. The van der Waals surface area contributed by atoms with Gasteiger partial charge in [0, 0.05) is 6.07 Å². The average molecular weight is 289 g/mol. The molecule has 0 bridgehead atoms. The zero-order valence-electron chi connectivity index (χ0n) is 11.2. The lowest BCUT2D eigenvalue weighted by molar-refractivity contribution is -0.385. The van der Waals surface area contributed by atoms with E-state index in [-0.39, 0.29) is 22.9 Å². The number of carboxylic acid groups (broad SMARTS) is 1. The minimum absolute atomic E-state index is 0.0949. The Kier molecular flexibility index (Phi) is 3.79. The van der Waals surface area contributed by atoms with Gasteiger partial charge in [-0.25, -0.2) is 4.79 Å². The fourth-order valence-electron chi connectivity index (χ4n) is 1.71. The molecule has 8 nitrogen and oxygen atoms in total. The van der Waals surface area contributed by atoms with Crippen molar-refractivity contribution in [1.29, 1.82) is 0 Å². The number of hydrogen-bond acceptors (Lipinski definition) is 6. The van der Waals surface area contributed by atoms with Gasteiger partial charge < -0.3 is 9.84 Å². The predicted molar refractivity (Wildman–Crippen MR) is 71.6 cm³/mol. The summed E-state index contributed by atoms with van der Waals surface area (Å²) in [5.74, 6) is -1.61. The van der Waals surface area contributed by atoms with Gasteiger partial charge in [0.15, 0.2) is 0 Å². The molecule has 0 aliphatic heterocycles. The van der Waals surface area contributed by atoms with Gasteiger partial charge in [-0.05, 0) is 25.5 Å². The second kappa shape index (κ2) is 5.53. The van der Waals surface area contributed by atoms with Gasteiger partial charge in [0.05, 0.1) is 10.6 Å². The molecule has 2 aromatic rings. The number of nitro groups is 1. The van der Waals surface area contributed by atoms with E-state index in [0.29, 0.717) is 11.3 Å². The zero-order chi connectivity index (χ0) is 15.6. The molecule has 0 fully saturated rings. The molecular weight excluding hydrogens is 278 g/mol. The molecule has 0 spiro atoms. The third-order valence-corrected chi connectivity index (χ3v) is 2.90. The Morgan fingerprint density at radius 1 is 1.29 bits per heavy atom. The maximum absolute atomic E-state index is 11.3. The Morgan fingerprint density at radius 3 is 2.57 bits per heavy atom. The number of para-hydroxylation sites is 2. The van der Waals surface area contributed by atoms with Gasteiger partial charge in [0.25, 0.3) is 5.88 Å². The van der Waals surface area contributed by atoms with Crippen molar-refractivity contribution in [2.45, 2.75) is 13.8 Å². The van der Waals surface area contributed by atoms with Gasteiger partial charge in [-0.1, -0.05) is 12.1 Å². The van der Waals surface area contributed by atoms with Crippen LogP contribution in [-0.4, -0.2) is 26.2 Å². The van der Waals surface area contributed by atoms with Crippen molar-refractivity contribution in [2.24, 2.45) is 0 Å². The first-order valence-electron chi connectivity index (χ1n) is 5.90. The molecule has 0 unspecified atom stereocenters. The number of rotatable bonds is 4. The molecule has 0 atom stereocenters. The van der Waals surface area contributed by atoms with Crippen LogP contribution in [0.25, 0.3) is 0 Å². The van der Waals surface area contributed by atoms with Crippen LogP contribution in [0.15, 0.2) is 24.3 Å². The molecule has 0 aliphatic rings. The molecular formula is C13H11N3O5. The third kappa shape index (κ3) is 2.78. The predicted octanol–water partition coefficient (Wildman–Crippen LogP) is 2.49. The molecule has 0 amide bonds. The monoisotopic (exact) mass is 289 g/mol. The smallest absolute Gasteiger partial charge is 0.341 e. The van der Waals surface area contributed by atoms with Crippen molar-refractivity contribution < 1.29 is 19.6 Å². The highest BCUT2D eigenvalue weighted by atomic mass is 16.6. The quantitative estimate of drug-likeness (QED) is 0.678. The summed E-state index contributed by atoms with van der Waals surface area (Å²) in [7, 11) is 0. The first kappa shape index (κ1) is 14.4. The van der Waals surface area contributed by atoms with Crippen LogP contribution in [0.3, 0.4) is 0 Å². The average Bonchev–Trinajstić information content (AvgIpc) is 2.43. The summed E-state index contributed by atoms with van der Waals surface area (Å²) in [6.07, 6.45) is 0. The lowest BCUT2D eigenvalue weighted by Crippen LogP contribution is -2.09. The first-order valence-corrected chi connectivity index (χ1v) is 5.90. The largest absolute Gasteiger partial charge is 0.477 e. The molecule has 0 radical (unpaired) electrons. The highest BCUT2D eigenvalue weighted by Crippen LogP contribution is 2.32. The molecule has 108 valence electrons. The molecule has 2 rings (SSSR count). The molecule has 0 saturated heterocycles. The van der Waals surface area contributed by atoms with Gasteiger partial charge in [0.2, 0.25) is 5.75 Å². The molecule has 8 heteroatoms. The van der Waals surface area contributed by atoms with Gasteiger partial charge in [-0.3, -0.25) is 10.1 Å². The second-order valence-corrected chi connectivity index (χ2v) is 4.22. The molecule has 1 heterocycles. The van der Waals surface area contributed by atoms with Crippen LogP contribution in [-0.2, 0) is 0 Å². The van der Waals surface area contributed by atoms with Crippen molar-refractivity contribution in [1.82, 2.24) is 10.2 Å². The Hall–Kier alpha value is -3.03. The number of carbonyl (C=O) groups is 1. The van der Waals surface area contributed by atoms with Crippen molar-refractivity contribution in [3.05, 3.63) is 51.2 Å². The lowest BCUT2D eigenvalue weighted by Gasteiger charge is -2.10. The number of benzene rings is 1. The molecule has 0 saturated carbocycles. The summed E-state index contributed by atoms with van der Waals surface area (Å²) in [6.45, 7) is 3.18. The van der Waals surface area contributed by atoms with Crippen LogP contribution in [0.2, 0.25) is 0 Å². The van der Waals surface area contributed by atoms with Gasteiger partial charge in [-0.15, -0.1) is 5.10 Å². The summed E-state index contributed by atoms with van der Waals surface area (Å²) in [6, 6.07) is 5.64. The Labute approximate surface area is 119 Å². The number of aromatic carboxylic acids is 1. The Balaban J connectivity index is 2.53. The number of ether oxygens (including phenoxy) is 1. The van der Waals surface area contributed by atoms with Crippen LogP contribution < -0.4 is 4.74 Å². The van der Waals surface area contributed by atoms with E-state index >= 15 is 0 Å². The minimum atomic E-state index is -1.24. The fourth-order valence-corrected chi connectivity index (χ4v) is 1.71. The van der Waals surface area contributed by atoms with Crippen LogP contribution in [0.5, 0.6) is 11.6 Å². The van der Waals surface area contributed by atoms with Crippen LogP contribution >= 0.6 is 0 Å². The van der Waals surface area contributed by atoms with Crippen molar-refractivity contribution >= 4 is 11.7 Å². The highest BCUT2D eigenvalue weighted by molar-refractivity contribution is 5.92. The number of hydrogen-bond donors (Lipinski definition) is 1. The van der Waals surface area contributed by atoms with Crippen LogP contribution in [0, 0.1) is 24.0 Å². The van der Waals surface area contributed by atoms with E-state index in [1.54, 1.807) is 13.8 Å². The van der Waals surface area contributed by atoms with E-state index in [1.807, 2.05) is 0 Å². The summed E-state index contributed by atoms with van der Waals surface area (Å²) < 4.78 is 5.30. The van der Waals surface area contributed by atoms with Gasteiger partial charge >= 0.3 is 11.7 Å². The third-order valence-electron chi connectivity index (χ3n) is 2.90. The molecule has 1 aromatic heterocycles. The highest BCUT2D eigenvalue weighted by Gasteiger charge is 2.22. The second-order valence-electron chi connectivity index (χ2n) is 4.22. The van der Waals surface area contributed by atoms with E-state index in [4.69, 9.17) is 4.74 Å². The number of aryl methyl sites for hydroxylation is 1. The first-order chi connectivity index (χ1) is 9.91. The maximum atomic E-state index is 11.3. The Bertz CT molecular complexity index is 730. The molecule has 1 N–H and O–H groups in total. The number of carboxylic acids is 1. The van der Waals surface area contributed by atoms with Crippen LogP contribution in [0.4, 0.5) is 5.69 Å². The van der Waals surface area contributed by atoms with Gasteiger partial charge in [-0.2, -0.15) is 5.10 Å². The van der Waals surface area contributed by atoms with E-state index < -0.39 is 10.9 Å². The van der Waals surface area contributed by atoms with Crippen LogP contribution in [0.1, 0.15) is 21.6 Å². The minimum Gasteiger partial charge on any atom is -0.477 e. The van der Waals surface area contributed by atoms with E-state index in [0.717, 1.165) is 0 Å². The van der Waals surface area contributed by atoms with Crippen molar-refractivity contribution in [3.8, 4) is 11.6 Å². The topological polar surface area (TPSA) is 115 Å². The summed E-state index contributed by atoms with van der Waals surface area (Å²) in [4.78, 5) is 21.6. The summed E-state index contributed by atoms with van der Waals surface area (Å²) in [5, 5.41) is 27.6. The number of aromatic nitrogens is 2. The fraction of sp³-hybridized carbons (Fsp3) is 0.154. The normalized spacial score (nSPS) is 10.2. The van der Waals surface area contributed by atoms with E-state index in [9.17, 15) is 20.0 Å². The van der Waals surface area contributed by atoms with Crippen molar-refractivity contribution in [2.75, 3.05) is 0 Å². The summed E-state index contributed by atoms with van der Waals surface area (Å²) >= 11 is 0. The van der Waals surface area contributed by atoms with E-state index in [2.05, 4.69) is 10.2 Å². The molecule has 0 aliphatic carbocycles. The zero-order valence-corrected chi connectivity index (χ0v) is 11.2. The number of nitrogens with zero attached hydrogens (tertiary/aromatic N) is 3. The molecule has 21 heavy (non-hydrogen) atoms. The SMILES string of the molecule is Cc1nnc(Oc2ccccc2[N+](=O)[O-])c(C(=O)O)c1C. The van der Waals surface area contributed by atoms with Crippen molar-refractivity contribution in [3.63, 3.8) is 0 Å². The van der Waals surface area contributed by atoms with E-state index in [1.165, 1.54) is 24.3 Å². The number of nitro benzene ring substituents is 1. The Morgan fingerprint density at radius 2 is 1.95 bits per heavy atom.